The van der Waals surface area contributed by atoms with Crippen molar-refractivity contribution in [3.8, 4) is 44.5 Å². The summed E-state index contributed by atoms with van der Waals surface area (Å²) in [4.78, 5) is 7.40. The van der Waals surface area contributed by atoms with E-state index in [0.717, 1.165) is 205 Å². The van der Waals surface area contributed by atoms with Gasteiger partial charge in [0.15, 0.2) is 11.2 Å². The monoisotopic (exact) mass is 1540 g/mol. The van der Waals surface area contributed by atoms with Gasteiger partial charge in [-0.25, -0.2) is 0 Å². The van der Waals surface area contributed by atoms with Crippen LogP contribution in [0.2, 0.25) is 0 Å². The maximum atomic E-state index is 7.72. The van der Waals surface area contributed by atoms with Crippen molar-refractivity contribution in [2.45, 2.75) is 0 Å². The lowest BCUT2D eigenvalue weighted by Gasteiger charge is -2.41. The highest BCUT2D eigenvalue weighted by atomic mass is 16.3. The summed E-state index contributed by atoms with van der Waals surface area (Å²) >= 11 is 0. The van der Waals surface area contributed by atoms with E-state index in [1.807, 2.05) is 0 Å². The minimum Gasteiger partial charge on any atom is -0.455 e. The third-order valence-corrected chi connectivity index (χ3v) is 27.1. The molecule has 0 spiro atoms. The van der Waals surface area contributed by atoms with Crippen molar-refractivity contribution < 1.29 is 17.7 Å². The van der Waals surface area contributed by atoms with Crippen molar-refractivity contribution in [1.29, 1.82) is 0 Å². The van der Waals surface area contributed by atoms with E-state index in [0.29, 0.717) is 0 Å². The number of aromatic nitrogens is 2. The second kappa shape index (κ2) is 23.4. The summed E-state index contributed by atoms with van der Waals surface area (Å²) in [5, 5.41) is 18.0. The number of hydrogen-bond acceptors (Lipinski definition) is 7. The lowest BCUT2D eigenvalue weighted by molar-refractivity contribution is 0.668. The second-order valence-electron chi connectivity index (χ2n) is 33.2. The van der Waals surface area contributed by atoms with Gasteiger partial charge in [0.1, 0.15) is 33.5 Å². The lowest BCUT2D eigenvalue weighted by Crippen LogP contribution is -2.56. The van der Waals surface area contributed by atoms with Gasteiger partial charge in [0.25, 0.3) is 0 Å². The minimum absolute atomic E-state index is 0.247. The molecule has 25 aromatic rings. The van der Waals surface area contributed by atoms with E-state index in [4.69, 9.17) is 17.7 Å². The van der Waals surface area contributed by atoms with Gasteiger partial charge in [-0.05, 0) is 193 Å². The molecular weight excluding hydrogens is 1480 g/mol. The number of benzene rings is 19. The van der Waals surface area contributed by atoms with Crippen LogP contribution >= 0.6 is 0 Å². The molecule has 9 nitrogen and oxygen atoms in total. The van der Waals surface area contributed by atoms with Crippen LogP contribution in [-0.2, 0) is 0 Å². The molecule has 0 unspecified atom stereocenters. The molecule has 4 aliphatic rings. The van der Waals surface area contributed by atoms with Crippen molar-refractivity contribution in [1.82, 2.24) is 8.96 Å². The Balaban J connectivity index is 0.656. The first-order valence-corrected chi connectivity index (χ1v) is 41.6. The van der Waals surface area contributed by atoms with Gasteiger partial charge in [-0.2, -0.15) is 0 Å². The fraction of sp³-hybridized carbons (Fsp3) is 0. The van der Waals surface area contributed by atoms with E-state index in [1.54, 1.807) is 0 Å². The summed E-state index contributed by atoms with van der Waals surface area (Å²) in [6.07, 6.45) is 0. The number of rotatable bonds is 7. The molecule has 6 aromatic heterocycles. The van der Waals surface area contributed by atoms with E-state index in [-0.39, 0.29) is 13.7 Å². The Labute approximate surface area is 691 Å². The maximum absolute atomic E-state index is 7.72. The molecule has 0 radical (unpaired) electrons. The van der Waals surface area contributed by atoms with Crippen molar-refractivity contribution >= 4 is 240 Å². The molecular formula is C110H61B2N5O4. The largest absolute Gasteiger partial charge is 0.455 e. The number of para-hydroxylation sites is 9. The lowest BCUT2D eigenvalue weighted by atomic mass is 9.45. The molecule has 121 heavy (non-hydrogen) atoms. The summed E-state index contributed by atoms with van der Waals surface area (Å²) in [5.41, 5.74) is 34.5. The van der Waals surface area contributed by atoms with Crippen molar-refractivity contribution in [2.75, 3.05) is 14.7 Å². The topological polar surface area (TPSA) is 72.1 Å². The van der Waals surface area contributed by atoms with Gasteiger partial charge < -0.3 is 41.3 Å². The zero-order valence-electron chi connectivity index (χ0n) is 64.7. The maximum Gasteiger partial charge on any atom is 0.333 e. The Morgan fingerprint density at radius 3 is 1.23 bits per heavy atom. The Morgan fingerprint density at radius 1 is 0.223 bits per heavy atom. The number of furan rings is 4. The van der Waals surface area contributed by atoms with Crippen LogP contribution in [0, 0.1) is 0 Å². The van der Waals surface area contributed by atoms with E-state index in [9.17, 15) is 0 Å². The molecule has 0 saturated heterocycles. The Bertz CT molecular complexity index is 8940. The highest BCUT2D eigenvalue weighted by Gasteiger charge is 2.48. The van der Waals surface area contributed by atoms with Crippen LogP contribution in [-0.4, -0.2) is 22.7 Å². The van der Waals surface area contributed by atoms with Crippen molar-refractivity contribution in [3.05, 3.63) is 370 Å². The number of fused-ring (bicyclic) bond motifs is 30. The molecule has 0 fully saturated rings. The zero-order chi connectivity index (χ0) is 78.3. The molecule has 556 valence electrons. The Hall–Kier alpha value is -16.0. The van der Waals surface area contributed by atoms with Gasteiger partial charge in [0.2, 0.25) is 0 Å². The predicted molar refractivity (Wildman–Crippen MR) is 503 cm³/mol. The van der Waals surface area contributed by atoms with Gasteiger partial charge in [-0.1, -0.05) is 243 Å². The fourth-order valence-corrected chi connectivity index (χ4v) is 22.1. The first kappa shape index (κ1) is 64.2. The number of hydrogen-bond donors (Lipinski definition) is 0. The Kier molecular flexibility index (Phi) is 12.4. The quantitative estimate of drug-likeness (QED) is 0.147. The first-order chi connectivity index (χ1) is 60.0. The molecule has 11 heteroatoms. The van der Waals surface area contributed by atoms with E-state index in [2.05, 4.69) is 394 Å². The van der Waals surface area contributed by atoms with Crippen LogP contribution in [0.15, 0.2) is 388 Å². The fourth-order valence-electron chi connectivity index (χ4n) is 22.1. The molecule has 0 N–H and O–H groups in total. The van der Waals surface area contributed by atoms with Crippen LogP contribution < -0.4 is 36.6 Å². The summed E-state index contributed by atoms with van der Waals surface area (Å²) in [5.74, 6) is 0. The van der Waals surface area contributed by atoms with E-state index >= 15 is 0 Å². The summed E-state index contributed by atoms with van der Waals surface area (Å²) in [6, 6.07) is 136. The molecule has 10 heterocycles. The second-order valence-corrected chi connectivity index (χ2v) is 33.2. The average molecular weight is 1540 g/mol. The SMILES string of the molecule is c1ccc(-c2ccc3c(c2)N(c2cccc4c2oc2ccccc24)c2cc4c(oc5cc(-c6ccc7cc8c9cccc%10c9n(c8cc7c6)B6c7ccc(N(c8ccccc8)c8ccccc8)cc7N(c7cccc8c7oc7ccccc78)c7cc8c(oc9ccccc98)c-%10c76)ccc54)c4c2B3n2c3cc5ccccc5cc3c3cccc-4c32)cc1. The van der Waals surface area contributed by atoms with Crippen LogP contribution in [0.1, 0.15) is 0 Å². The standard InChI is InChI=1S/C110H61B2N5O4/c1-4-22-62(23-5-1)67-47-50-87-93(56-67)114(89-39-20-35-79-73-30-12-15-41-97(73)118-107(79)89)95-61-86-76-49-46-68(58-100(76)121-110(86)102-82-38-18-33-77-83-53-63-24-10-11-25-64(63)55-91(83)116(105(77)82)111(87)103(95)102)65-44-45-66-54-84-78-34-19-37-81-101-104-96(60-85-75-32-14-17-43-99(75)120-109(85)101)115(90-40-21-36-80-74-31-13-16-42-98(74)119-108(80)90)94-59-72(113(70-26-6-2-7-27-70)71-28-8-3-9-29-71)48-51-88(94)112(104)117(106(78)81)92(84)57-69(66)52-65/h1-61H. The van der Waals surface area contributed by atoms with Crippen LogP contribution in [0.3, 0.4) is 0 Å². The molecule has 0 bridgehead atoms. The highest BCUT2D eigenvalue weighted by Crippen LogP contribution is 2.56. The normalized spacial score (nSPS) is 13.2. The zero-order valence-corrected chi connectivity index (χ0v) is 64.7. The summed E-state index contributed by atoms with van der Waals surface area (Å²) < 4.78 is 34.6. The molecule has 29 rings (SSSR count). The summed E-state index contributed by atoms with van der Waals surface area (Å²) in [6.45, 7) is -0.567. The molecule has 4 aliphatic heterocycles. The molecule has 0 amide bonds. The third kappa shape index (κ3) is 8.54. The van der Waals surface area contributed by atoms with Gasteiger partial charge in [0, 0.05) is 149 Å². The van der Waals surface area contributed by atoms with Gasteiger partial charge in [0.05, 0.1) is 11.4 Å². The van der Waals surface area contributed by atoms with Gasteiger partial charge in [-0.15, -0.1) is 0 Å². The van der Waals surface area contributed by atoms with Gasteiger partial charge in [-0.3, -0.25) is 0 Å². The number of anilines is 9. The number of nitrogens with zero attached hydrogens (tertiary/aromatic N) is 5. The Morgan fingerprint density at radius 2 is 0.645 bits per heavy atom. The smallest absolute Gasteiger partial charge is 0.333 e. The predicted octanol–water partition coefficient (Wildman–Crippen LogP) is 27.4. The molecule has 0 saturated carbocycles. The van der Waals surface area contributed by atoms with Gasteiger partial charge >= 0.3 is 13.7 Å². The van der Waals surface area contributed by atoms with Crippen LogP contribution in [0.5, 0.6) is 0 Å². The first-order valence-electron chi connectivity index (χ1n) is 41.6. The molecule has 0 atom stereocenters. The average Bonchev–Trinajstić information content (AvgIpc) is 1.57. The van der Waals surface area contributed by atoms with E-state index < -0.39 is 0 Å². The van der Waals surface area contributed by atoms with E-state index in [1.165, 1.54) is 65.3 Å². The van der Waals surface area contributed by atoms with Crippen molar-refractivity contribution in [3.63, 3.8) is 0 Å². The summed E-state index contributed by atoms with van der Waals surface area (Å²) in [7, 11) is 0. The van der Waals surface area contributed by atoms with Crippen molar-refractivity contribution in [2.24, 2.45) is 0 Å². The minimum atomic E-state index is -0.320. The molecule has 0 aliphatic carbocycles. The molecule has 19 aromatic carbocycles. The third-order valence-electron chi connectivity index (χ3n) is 27.1. The van der Waals surface area contributed by atoms with Crippen LogP contribution in [0.25, 0.3) is 197 Å². The van der Waals surface area contributed by atoms with Crippen LogP contribution in [0.4, 0.5) is 51.2 Å². The highest BCUT2D eigenvalue weighted by molar-refractivity contribution is 6.91.